The van der Waals surface area contributed by atoms with E-state index in [0.717, 1.165) is 4.81 Å². The third-order valence-corrected chi connectivity index (χ3v) is 0.974. The predicted molar refractivity (Wildman–Crippen MR) is 33.8 cm³/mol. The van der Waals surface area contributed by atoms with Crippen LogP contribution in [0.15, 0.2) is 0 Å². The third kappa shape index (κ3) is 5.53. The zero-order valence-electron chi connectivity index (χ0n) is 5.46. The molecule has 2 nitrogen and oxygen atoms in total. The molecule has 0 heterocycles. The summed E-state index contributed by atoms with van der Waals surface area (Å²) in [5.74, 6) is 0. The van der Waals surface area contributed by atoms with Crippen molar-refractivity contribution in [3.63, 3.8) is 0 Å². The second-order valence-corrected chi connectivity index (χ2v) is 1.88. The fraction of sp³-hybridized carbons (Fsp3) is 0.800. The summed E-state index contributed by atoms with van der Waals surface area (Å²) >= 11 is 0. The van der Waals surface area contributed by atoms with E-state index in [1.807, 2.05) is 0 Å². The second kappa shape index (κ2) is 5.20. The van der Waals surface area contributed by atoms with Gasteiger partial charge >= 0.3 is 0 Å². The zero-order valence-corrected chi connectivity index (χ0v) is 5.46. The van der Waals surface area contributed by atoms with E-state index in [4.69, 9.17) is 7.98 Å². The molecule has 1 amide bonds. The Morgan fingerprint density at radius 2 is 2.20 bits per heavy atom. The van der Waals surface area contributed by atoms with E-state index in [-0.39, 0.29) is 19.4 Å². The molecule has 0 aliphatic carbocycles. The van der Waals surface area contributed by atoms with Gasteiger partial charge in [-0.05, 0) is 6.42 Å². The number of amides is 1. The normalized spacial score (nSPS) is 9.90. The average Bonchev–Trinajstić information content (AvgIpc) is 1.87. The Hall–Kier alpha value is -0.605. The monoisotopic (exact) mass is 147 g/mol. The number of hydrogen-bond donors (Lipinski definition) is 0. The van der Waals surface area contributed by atoms with Gasteiger partial charge in [0.15, 0.2) is 6.41 Å². The van der Waals surface area contributed by atoms with E-state index < -0.39 is 6.43 Å². The summed E-state index contributed by atoms with van der Waals surface area (Å²) in [6, 6.07) is 0. The summed E-state index contributed by atoms with van der Waals surface area (Å²) in [6.45, 7) is 0.188. The number of nitrogens with zero attached hydrogens (tertiary/aromatic N) is 1. The van der Waals surface area contributed by atoms with Crippen LogP contribution in [0.1, 0.15) is 12.8 Å². The van der Waals surface area contributed by atoms with Crippen molar-refractivity contribution in [1.29, 1.82) is 0 Å². The molecule has 0 saturated heterocycles. The molecule has 0 unspecified atom stereocenters. The number of halogens is 2. The highest BCUT2D eigenvalue weighted by Crippen LogP contribution is 2.02. The first-order valence-corrected chi connectivity index (χ1v) is 2.91. The van der Waals surface area contributed by atoms with Crippen LogP contribution in [0.3, 0.4) is 0 Å². The lowest BCUT2D eigenvalue weighted by Gasteiger charge is -2.09. The van der Waals surface area contributed by atoms with E-state index in [0.29, 0.717) is 6.41 Å². The fourth-order valence-electron chi connectivity index (χ4n) is 0.481. The largest absolute Gasteiger partial charge is 0.399 e. The lowest BCUT2D eigenvalue weighted by molar-refractivity contribution is -0.114. The van der Waals surface area contributed by atoms with Crippen LogP contribution in [-0.4, -0.2) is 32.2 Å². The molecule has 0 fully saturated rings. The maximum absolute atomic E-state index is 11.4. The van der Waals surface area contributed by atoms with Crippen molar-refractivity contribution in [2.24, 2.45) is 0 Å². The van der Waals surface area contributed by atoms with Crippen molar-refractivity contribution >= 4 is 14.4 Å². The number of alkyl halides is 2. The maximum atomic E-state index is 11.4. The van der Waals surface area contributed by atoms with Crippen molar-refractivity contribution < 1.29 is 13.6 Å². The Morgan fingerprint density at radius 1 is 1.60 bits per heavy atom. The smallest absolute Gasteiger partial charge is 0.238 e. The number of carbonyl (C=O) groups is 1. The van der Waals surface area contributed by atoms with Crippen LogP contribution in [-0.2, 0) is 4.79 Å². The molecule has 0 N–H and O–H groups in total. The maximum Gasteiger partial charge on any atom is 0.238 e. The topological polar surface area (TPSA) is 20.3 Å². The lowest BCUT2D eigenvalue weighted by atomic mass is 10.2. The number of hydrogen-bond acceptors (Lipinski definition) is 1. The van der Waals surface area contributed by atoms with Crippen LogP contribution in [0.25, 0.3) is 0 Å². The first-order chi connectivity index (χ1) is 4.66. The molecule has 0 aromatic carbocycles. The molecule has 0 spiro atoms. The van der Waals surface area contributed by atoms with Crippen molar-refractivity contribution in [3.05, 3.63) is 0 Å². The summed E-state index contributed by atoms with van der Waals surface area (Å²) in [6.07, 6.45) is -1.86. The SMILES string of the molecule is [B]N(C=O)CCCC(F)F. The summed E-state index contributed by atoms with van der Waals surface area (Å²) in [4.78, 5) is 10.6. The Kier molecular flexibility index (Phi) is 4.89. The van der Waals surface area contributed by atoms with Crippen molar-refractivity contribution in [2.45, 2.75) is 19.3 Å². The summed E-state index contributed by atoms with van der Waals surface area (Å²) in [5.41, 5.74) is 0. The first-order valence-electron chi connectivity index (χ1n) is 2.91. The first kappa shape index (κ1) is 9.39. The van der Waals surface area contributed by atoms with Gasteiger partial charge in [-0.25, -0.2) is 8.78 Å². The molecular formula is C5H8BF2NO. The van der Waals surface area contributed by atoms with Crippen molar-refractivity contribution in [2.75, 3.05) is 6.54 Å². The van der Waals surface area contributed by atoms with Crippen LogP contribution in [0, 0.1) is 0 Å². The van der Waals surface area contributed by atoms with Crippen LogP contribution >= 0.6 is 0 Å². The molecule has 0 aliphatic heterocycles. The van der Waals surface area contributed by atoms with E-state index in [9.17, 15) is 13.6 Å². The van der Waals surface area contributed by atoms with Crippen LogP contribution in [0.5, 0.6) is 0 Å². The second-order valence-electron chi connectivity index (χ2n) is 1.88. The Labute approximate surface area is 59.6 Å². The minimum Gasteiger partial charge on any atom is -0.399 e. The van der Waals surface area contributed by atoms with Crippen LogP contribution in [0.2, 0.25) is 0 Å². The van der Waals surface area contributed by atoms with Gasteiger partial charge in [0, 0.05) is 13.0 Å². The van der Waals surface area contributed by atoms with Gasteiger partial charge < -0.3 is 4.81 Å². The van der Waals surface area contributed by atoms with Crippen LogP contribution in [0.4, 0.5) is 8.78 Å². The average molecular weight is 147 g/mol. The van der Waals surface area contributed by atoms with Crippen molar-refractivity contribution in [3.8, 4) is 0 Å². The van der Waals surface area contributed by atoms with Gasteiger partial charge in [0.2, 0.25) is 14.4 Å². The van der Waals surface area contributed by atoms with Gasteiger partial charge in [0.25, 0.3) is 0 Å². The molecule has 0 bridgehead atoms. The Balaban J connectivity index is 3.11. The fourth-order valence-corrected chi connectivity index (χ4v) is 0.481. The molecule has 10 heavy (non-hydrogen) atoms. The van der Waals surface area contributed by atoms with Gasteiger partial charge in [-0.15, -0.1) is 0 Å². The summed E-state index contributed by atoms with van der Waals surface area (Å²) < 4.78 is 22.9. The number of carbonyl (C=O) groups excluding carboxylic acids is 1. The molecule has 56 valence electrons. The summed E-state index contributed by atoms with van der Waals surface area (Å²) in [7, 11) is 4.98. The number of rotatable bonds is 5. The highest BCUT2D eigenvalue weighted by Gasteiger charge is 2.01. The van der Waals surface area contributed by atoms with Gasteiger partial charge in [-0.1, -0.05) is 0 Å². The van der Waals surface area contributed by atoms with E-state index in [1.165, 1.54) is 0 Å². The minimum atomic E-state index is -2.31. The molecule has 0 aromatic rings. The Morgan fingerprint density at radius 3 is 2.60 bits per heavy atom. The van der Waals surface area contributed by atoms with E-state index in [2.05, 4.69) is 0 Å². The zero-order chi connectivity index (χ0) is 7.98. The molecule has 0 aliphatic rings. The molecule has 0 saturated carbocycles. The van der Waals surface area contributed by atoms with Crippen LogP contribution < -0.4 is 0 Å². The lowest BCUT2D eigenvalue weighted by Crippen LogP contribution is -2.19. The van der Waals surface area contributed by atoms with Gasteiger partial charge in [-0.2, -0.15) is 0 Å². The quantitative estimate of drug-likeness (QED) is 0.411. The highest BCUT2D eigenvalue weighted by molar-refractivity contribution is 6.10. The minimum absolute atomic E-state index is 0.188. The third-order valence-electron chi connectivity index (χ3n) is 0.974. The van der Waals surface area contributed by atoms with Gasteiger partial charge in [0.05, 0.1) is 0 Å². The molecule has 0 aromatic heterocycles. The molecule has 5 heteroatoms. The van der Waals surface area contributed by atoms with Gasteiger partial charge in [0.1, 0.15) is 0 Å². The molecule has 2 radical (unpaired) electrons. The Bertz CT molecular complexity index is 102. The summed E-state index contributed by atoms with van der Waals surface area (Å²) in [5, 5.41) is 0. The standard InChI is InChI=1S/C5H8BF2NO/c6-9(4-10)3-1-2-5(7)8/h4-5H,1-3H2. The van der Waals surface area contributed by atoms with Gasteiger partial charge in [-0.3, -0.25) is 4.79 Å². The molecule has 0 atom stereocenters. The predicted octanol–water partition coefficient (Wildman–Crippen LogP) is 0.574. The highest BCUT2D eigenvalue weighted by atomic mass is 19.3. The molecule has 0 rings (SSSR count). The van der Waals surface area contributed by atoms with E-state index >= 15 is 0 Å². The van der Waals surface area contributed by atoms with E-state index in [1.54, 1.807) is 0 Å². The molecular weight excluding hydrogens is 139 g/mol. The van der Waals surface area contributed by atoms with Crippen molar-refractivity contribution in [1.82, 2.24) is 4.81 Å².